The average molecular weight is 427 g/mol. The second-order valence-corrected chi connectivity index (χ2v) is 10.8. The zero-order valence-corrected chi connectivity index (χ0v) is 21.8. The Morgan fingerprint density at radius 1 is 0.667 bits per heavy atom. The summed E-state index contributed by atoms with van der Waals surface area (Å²) in [6, 6.07) is 0. The molecule has 0 aromatic rings. The zero-order chi connectivity index (χ0) is 23.1. The summed E-state index contributed by atoms with van der Waals surface area (Å²) >= 11 is 0. The molecule has 0 bridgehead atoms. The van der Waals surface area contributed by atoms with Crippen LogP contribution in [0.15, 0.2) is 0 Å². The van der Waals surface area contributed by atoms with Gasteiger partial charge in [-0.05, 0) is 59.8 Å². The molecular weight excluding hydrogens is 372 g/mol. The summed E-state index contributed by atoms with van der Waals surface area (Å²) in [5, 5.41) is 0. The fourth-order valence-corrected chi connectivity index (χ4v) is 3.97. The van der Waals surface area contributed by atoms with E-state index in [1.807, 2.05) is 0 Å². The summed E-state index contributed by atoms with van der Waals surface area (Å²) in [6.07, 6.45) is 15.5. The van der Waals surface area contributed by atoms with E-state index < -0.39 is 0 Å². The molecule has 30 heavy (non-hydrogen) atoms. The number of methoxy groups -OCH3 is 1. The Kier molecular flexibility index (Phi) is 15.2. The lowest BCUT2D eigenvalue weighted by molar-refractivity contribution is -0.129. The number of ether oxygens (including phenoxy) is 2. The second kappa shape index (κ2) is 15.4. The molecule has 0 N–H and O–H groups in total. The molecule has 0 radical (unpaired) electrons. The average Bonchev–Trinajstić information content (AvgIpc) is 2.69. The zero-order valence-electron chi connectivity index (χ0n) is 21.8. The summed E-state index contributed by atoms with van der Waals surface area (Å²) < 4.78 is 11.6. The van der Waals surface area contributed by atoms with Gasteiger partial charge in [-0.2, -0.15) is 0 Å². The Bertz CT molecular complexity index is 441. The van der Waals surface area contributed by atoms with Crippen molar-refractivity contribution in [3.8, 4) is 0 Å². The molecule has 0 amide bonds. The molecule has 1 atom stereocenters. The molecule has 0 rings (SSSR count). The van der Waals surface area contributed by atoms with Gasteiger partial charge >= 0.3 is 0 Å². The van der Waals surface area contributed by atoms with Crippen LogP contribution in [0, 0.1) is 5.41 Å². The van der Waals surface area contributed by atoms with E-state index in [4.69, 9.17) is 9.47 Å². The lowest BCUT2D eigenvalue weighted by atomic mass is 9.75. The van der Waals surface area contributed by atoms with Crippen LogP contribution in [0.4, 0.5) is 0 Å². The van der Waals surface area contributed by atoms with Crippen LogP contribution >= 0.6 is 0 Å². The molecule has 0 aliphatic carbocycles. The molecule has 0 spiro atoms. The largest absolute Gasteiger partial charge is 0.379 e. The number of hydrogen-bond acceptors (Lipinski definition) is 3. The van der Waals surface area contributed by atoms with E-state index in [1.165, 1.54) is 38.5 Å². The molecule has 3 nitrogen and oxygen atoms in total. The third-order valence-electron chi connectivity index (χ3n) is 6.77. The van der Waals surface area contributed by atoms with E-state index in [2.05, 4.69) is 48.5 Å². The van der Waals surface area contributed by atoms with Gasteiger partial charge in [0.15, 0.2) is 0 Å². The molecule has 180 valence electrons. The summed E-state index contributed by atoms with van der Waals surface area (Å²) in [4.78, 5) is 13.1. The number of ketones is 1. The standard InChI is InChI=1S/C27H54O3/c1-9-11-13-14-16-21-27(7,20-12-10-2)24(28)18-15-17-19-26(5,6)30-23-22-25(3,4)29-8/h9-23H2,1-8H3. The topological polar surface area (TPSA) is 35.5 Å². The fraction of sp³-hybridized carbons (Fsp3) is 0.963. The number of unbranched alkanes of at least 4 members (excludes halogenated alkanes) is 6. The van der Waals surface area contributed by atoms with E-state index in [0.29, 0.717) is 12.4 Å². The van der Waals surface area contributed by atoms with Gasteiger partial charge in [0.05, 0.1) is 17.8 Å². The first kappa shape index (κ1) is 29.6. The van der Waals surface area contributed by atoms with Gasteiger partial charge in [0.25, 0.3) is 0 Å². The SMILES string of the molecule is CCCCCCCC(C)(CCCC)C(=O)CCCCC(C)(C)OCCC(C)(C)OC. The monoisotopic (exact) mass is 426 g/mol. The van der Waals surface area contributed by atoms with Crippen molar-refractivity contribution in [3.05, 3.63) is 0 Å². The normalized spacial score (nSPS) is 14.7. The van der Waals surface area contributed by atoms with E-state index >= 15 is 0 Å². The van der Waals surface area contributed by atoms with Gasteiger partial charge in [0.2, 0.25) is 0 Å². The van der Waals surface area contributed by atoms with E-state index in [-0.39, 0.29) is 16.6 Å². The van der Waals surface area contributed by atoms with Crippen LogP contribution in [-0.2, 0) is 14.3 Å². The highest BCUT2D eigenvalue weighted by molar-refractivity contribution is 5.84. The van der Waals surface area contributed by atoms with Crippen molar-refractivity contribution in [2.45, 2.75) is 150 Å². The van der Waals surface area contributed by atoms with Gasteiger partial charge in [-0.3, -0.25) is 4.79 Å². The van der Waals surface area contributed by atoms with Crippen LogP contribution in [-0.4, -0.2) is 30.7 Å². The molecule has 3 heteroatoms. The minimum atomic E-state index is -0.141. The summed E-state index contributed by atoms with van der Waals surface area (Å²) in [6.45, 7) is 15.9. The van der Waals surface area contributed by atoms with E-state index in [9.17, 15) is 4.79 Å². The van der Waals surface area contributed by atoms with Crippen molar-refractivity contribution in [2.75, 3.05) is 13.7 Å². The molecule has 0 heterocycles. The van der Waals surface area contributed by atoms with Gasteiger partial charge < -0.3 is 9.47 Å². The van der Waals surface area contributed by atoms with Crippen molar-refractivity contribution < 1.29 is 14.3 Å². The first-order chi connectivity index (χ1) is 14.0. The molecule has 0 aromatic heterocycles. The van der Waals surface area contributed by atoms with Gasteiger partial charge in [-0.25, -0.2) is 0 Å². The number of carbonyl (C=O) groups excluding carboxylic acids is 1. The minimum Gasteiger partial charge on any atom is -0.379 e. The van der Waals surface area contributed by atoms with Crippen molar-refractivity contribution in [1.82, 2.24) is 0 Å². The Hall–Kier alpha value is -0.410. The summed E-state index contributed by atoms with van der Waals surface area (Å²) in [7, 11) is 1.75. The smallest absolute Gasteiger partial charge is 0.138 e. The van der Waals surface area contributed by atoms with Crippen molar-refractivity contribution >= 4 is 5.78 Å². The van der Waals surface area contributed by atoms with E-state index in [0.717, 1.165) is 51.4 Å². The Morgan fingerprint density at radius 2 is 1.23 bits per heavy atom. The highest BCUT2D eigenvalue weighted by atomic mass is 16.5. The molecular formula is C27H54O3. The number of Topliss-reactive ketones (excluding diaryl/α,β-unsaturated/α-hetero) is 1. The van der Waals surface area contributed by atoms with Gasteiger partial charge in [0, 0.05) is 18.9 Å². The maximum Gasteiger partial charge on any atom is 0.138 e. The second-order valence-electron chi connectivity index (χ2n) is 10.8. The number of carbonyl (C=O) groups is 1. The quantitative estimate of drug-likeness (QED) is 0.184. The lowest BCUT2D eigenvalue weighted by Gasteiger charge is -2.30. The van der Waals surface area contributed by atoms with Crippen LogP contribution < -0.4 is 0 Å². The Morgan fingerprint density at radius 3 is 1.83 bits per heavy atom. The maximum atomic E-state index is 13.1. The molecule has 0 aliphatic heterocycles. The molecule has 0 aliphatic rings. The predicted molar refractivity (Wildman–Crippen MR) is 130 cm³/mol. The molecule has 0 saturated carbocycles. The summed E-state index contributed by atoms with van der Waals surface area (Å²) in [5.74, 6) is 0.493. The first-order valence-corrected chi connectivity index (χ1v) is 12.7. The van der Waals surface area contributed by atoms with Gasteiger partial charge in [-0.15, -0.1) is 0 Å². The lowest BCUT2D eigenvalue weighted by Crippen LogP contribution is -2.30. The predicted octanol–water partition coefficient (Wildman–Crippen LogP) is 8.28. The highest BCUT2D eigenvalue weighted by Gasteiger charge is 2.31. The van der Waals surface area contributed by atoms with Crippen LogP contribution in [0.25, 0.3) is 0 Å². The molecule has 0 fully saturated rings. The molecule has 0 aromatic carbocycles. The van der Waals surface area contributed by atoms with Crippen LogP contribution in [0.5, 0.6) is 0 Å². The fourth-order valence-electron chi connectivity index (χ4n) is 3.97. The third-order valence-corrected chi connectivity index (χ3v) is 6.77. The molecule has 0 saturated heterocycles. The van der Waals surface area contributed by atoms with Gasteiger partial charge in [0.1, 0.15) is 5.78 Å². The number of rotatable bonds is 20. The highest BCUT2D eigenvalue weighted by Crippen LogP contribution is 2.34. The summed E-state index contributed by atoms with van der Waals surface area (Å²) in [5.41, 5.74) is -0.389. The molecule has 1 unspecified atom stereocenters. The van der Waals surface area contributed by atoms with Crippen LogP contribution in [0.2, 0.25) is 0 Å². The van der Waals surface area contributed by atoms with Crippen molar-refractivity contribution in [2.24, 2.45) is 5.41 Å². The van der Waals surface area contributed by atoms with Crippen LogP contribution in [0.1, 0.15) is 138 Å². The minimum absolute atomic E-state index is 0.111. The van der Waals surface area contributed by atoms with Crippen molar-refractivity contribution in [3.63, 3.8) is 0 Å². The Labute approximate surface area is 189 Å². The van der Waals surface area contributed by atoms with Crippen LogP contribution in [0.3, 0.4) is 0 Å². The number of hydrogen-bond donors (Lipinski definition) is 0. The van der Waals surface area contributed by atoms with Gasteiger partial charge in [-0.1, -0.05) is 72.1 Å². The van der Waals surface area contributed by atoms with Crippen molar-refractivity contribution in [1.29, 1.82) is 0 Å². The maximum absolute atomic E-state index is 13.1. The third kappa shape index (κ3) is 13.8. The van der Waals surface area contributed by atoms with E-state index in [1.54, 1.807) is 7.11 Å². The first-order valence-electron chi connectivity index (χ1n) is 12.7. The Balaban J connectivity index is 4.35.